The Morgan fingerprint density at radius 1 is 1.28 bits per heavy atom. The molecule has 128 valence electrons. The number of amides is 1. The van der Waals surface area contributed by atoms with Gasteiger partial charge in [-0.25, -0.2) is 0 Å². The third kappa shape index (κ3) is 4.39. The Labute approximate surface area is 147 Å². The van der Waals surface area contributed by atoms with Gasteiger partial charge in [0.25, 0.3) is 5.91 Å². The van der Waals surface area contributed by atoms with Crippen molar-refractivity contribution in [2.45, 2.75) is 27.2 Å². The van der Waals surface area contributed by atoms with Gasteiger partial charge in [-0.2, -0.15) is 5.26 Å². The van der Waals surface area contributed by atoms with Crippen LogP contribution in [0.15, 0.2) is 48.2 Å². The summed E-state index contributed by atoms with van der Waals surface area (Å²) in [6.07, 6.45) is 2.08. The molecule has 0 aliphatic heterocycles. The molecular weight excluding hydrogens is 314 g/mol. The highest BCUT2D eigenvalue weighted by atomic mass is 16.3. The second kappa shape index (κ2) is 8.02. The summed E-state index contributed by atoms with van der Waals surface area (Å²) in [6, 6.07) is 12.7. The number of nitrogens with one attached hydrogen (secondary N) is 2. The van der Waals surface area contributed by atoms with Crippen molar-refractivity contribution in [1.29, 1.82) is 5.26 Å². The van der Waals surface area contributed by atoms with E-state index in [4.69, 9.17) is 0 Å². The number of para-hydroxylation sites is 1. The van der Waals surface area contributed by atoms with Crippen LogP contribution < -0.4 is 10.6 Å². The summed E-state index contributed by atoms with van der Waals surface area (Å²) in [5.41, 5.74) is 3.99. The first kappa shape index (κ1) is 18.1. The molecule has 0 spiro atoms. The maximum Gasteiger partial charge on any atom is 0.267 e. The minimum atomic E-state index is -0.494. The fourth-order valence-electron chi connectivity index (χ4n) is 2.45. The molecule has 0 saturated carbocycles. The maximum atomic E-state index is 12.4. The smallest absolute Gasteiger partial charge is 0.267 e. The van der Waals surface area contributed by atoms with Gasteiger partial charge in [0.15, 0.2) is 0 Å². The number of carbonyl (C=O) groups excluding carboxylic acids is 1. The van der Waals surface area contributed by atoms with E-state index in [9.17, 15) is 15.2 Å². The number of hydrogen-bond acceptors (Lipinski definition) is 4. The Balaban J connectivity index is 2.22. The summed E-state index contributed by atoms with van der Waals surface area (Å²) < 4.78 is 0. The Morgan fingerprint density at radius 3 is 2.72 bits per heavy atom. The summed E-state index contributed by atoms with van der Waals surface area (Å²) >= 11 is 0. The van der Waals surface area contributed by atoms with Crippen LogP contribution in [0.5, 0.6) is 5.75 Å². The number of hydrogen-bond donors (Lipinski definition) is 3. The van der Waals surface area contributed by atoms with Crippen LogP contribution in [-0.2, 0) is 11.2 Å². The molecule has 2 aromatic carbocycles. The van der Waals surface area contributed by atoms with E-state index in [-0.39, 0.29) is 11.3 Å². The van der Waals surface area contributed by atoms with Crippen molar-refractivity contribution in [1.82, 2.24) is 0 Å². The Kier molecular flexibility index (Phi) is 5.80. The first-order valence-electron chi connectivity index (χ1n) is 8.02. The number of anilines is 2. The van der Waals surface area contributed by atoms with Crippen LogP contribution in [-0.4, -0.2) is 11.0 Å². The maximum absolute atomic E-state index is 12.4. The van der Waals surface area contributed by atoms with Crippen molar-refractivity contribution in [2.24, 2.45) is 0 Å². The minimum absolute atomic E-state index is 0.0479. The first-order chi connectivity index (χ1) is 12.0. The summed E-state index contributed by atoms with van der Waals surface area (Å²) in [7, 11) is 0. The summed E-state index contributed by atoms with van der Waals surface area (Å²) in [6.45, 7) is 5.80. The number of nitriles is 1. The van der Waals surface area contributed by atoms with Gasteiger partial charge in [-0.1, -0.05) is 31.2 Å². The van der Waals surface area contributed by atoms with Crippen molar-refractivity contribution >= 4 is 17.3 Å². The Morgan fingerprint density at radius 2 is 2.04 bits per heavy atom. The predicted molar refractivity (Wildman–Crippen MR) is 99.3 cm³/mol. The molecule has 0 radical (unpaired) electrons. The van der Waals surface area contributed by atoms with Gasteiger partial charge in [-0.3, -0.25) is 4.79 Å². The zero-order chi connectivity index (χ0) is 18.4. The van der Waals surface area contributed by atoms with Crippen LogP contribution >= 0.6 is 0 Å². The zero-order valence-electron chi connectivity index (χ0n) is 14.6. The lowest BCUT2D eigenvalue weighted by atomic mass is 10.1. The summed E-state index contributed by atoms with van der Waals surface area (Å²) in [4.78, 5) is 12.4. The molecule has 2 aromatic rings. The van der Waals surface area contributed by atoms with E-state index in [0.717, 1.165) is 28.8 Å². The molecule has 0 saturated heterocycles. The van der Waals surface area contributed by atoms with Crippen molar-refractivity contribution in [3.05, 3.63) is 64.9 Å². The van der Waals surface area contributed by atoms with Gasteiger partial charge in [-0.15, -0.1) is 0 Å². The second-order valence-corrected chi connectivity index (χ2v) is 5.75. The van der Waals surface area contributed by atoms with Gasteiger partial charge < -0.3 is 15.7 Å². The highest BCUT2D eigenvalue weighted by Gasteiger charge is 2.13. The Bertz CT molecular complexity index is 864. The standard InChI is InChI=1S/C20H21N3O2/c1-4-15-7-5-6-14(3)19(15)23-20(25)16(11-21)12-22-17-10-13(2)8-9-18(17)24/h5-10,12,22,24H,4H2,1-3H3,(H,23,25)/b16-12-. The van der Waals surface area contributed by atoms with Crippen LogP contribution in [0.4, 0.5) is 11.4 Å². The quantitative estimate of drug-likeness (QED) is 0.437. The minimum Gasteiger partial charge on any atom is -0.506 e. The van der Waals surface area contributed by atoms with E-state index in [2.05, 4.69) is 10.6 Å². The highest BCUT2D eigenvalue weighted by Crippen LogP contribution is 2.24. The normalized spacial score (nSPS) is 10.9. The number of carbonyl (C=O) groups is 1. The monoisotopic (exact) mass is 335 g/mol. The van der Waals surface area contributed by atoms with Crippen LogP contribution in [0.2, 0.25) is 0 Å². The van der Waals surface area contributed by atoms with Crippen molar-refractivity contribution < 1.29 is 9.90 Å². The predicted octanol–water partition coefficient (Wildman–Crippen LogP) is 4.03. The third-order valence-corrected chi connectivity index (χ3v) is 3.87. The van der Waals surface area contributed by atoms with Crippen molar-refractivity contribution in [3.63, 3.8) is 0 Å². The van der Waals surface area contributed by atoms with Crippen LogP contribution in [0.1, 0.15) is 23.6 Å². The highest BCUT2D eigenvalue weighted by molar-refractivity contribution is 6.07. The van der Waals surface area contributed by atoms with E-state index in [1.54, 1.807) is 18.2 Å². The molecule has 1 amide bonds. The lowest BCUT2D eigenvalue weighted by molar-refractivity contribution is -0.112. The molecule has 0 atom stereocenters. The van der Waals surface area contributed by atoms with E-state index >= 15 is 0 Å². The van der Waals surface area contributed by atoms with Crippen LogP contribution in [0, 0.1) is 25.2 Å². The largest absolute Gasteiger partial charge is 0.506 e. The van der Waals surface area contributed by atoms with E-state index in [1.165, 1.54) is 6.20 Å². The molecule has 3 N–H and O–H groups in total. The van der Waals surface area contributed by atoms with Gasteiger partial charge >= 0.3 is 0 Å². The fraction of sp³-hybridized carbons (Fsp3) is 0.200. The third-order valence-electron chi connectivity index (χ3n) is 3.87. The second-order valence-electron chi connectivity index (χ2n) is 5.75. The number of benzene rings is 2. The molecule has 0 aromatic heterocycles. The van der Waals surface area contributed by atoms with Crippen LogP contribution in [0.3, 0.4) is 0 Å². The average Bonchev–Trinajstić information content (AvgIpc) is 2.60. The van der Waals surface area contributed by atoms with Gasteiger partial charge in [0.2, 0.25) is 0 Å². The lowest BCUT2D eigenvalue weighted by Crippen LogP contribution is -2.16. The molecule has 0 bridgehead atoms. The van der Waals surface area contributed by atoms with Crippen molar-refractivity contribution in [2.75, 3.05) is 10.6 Å². The molecular formula is C20H21N3O2. The summed E-state index contributed by atoms with van der Waals surface area (Å²) in [5.74, 6) is -0.446. The Hall–Kier alpha value is -3.26. The molecule has 5 nitrogen and oxygen atoms in total. The number of rotatable bonds is 5. The van der Waals surface area contributed by atoms with Gasteiger partial charge in [0, 0.05) is 11.9 Å². The van der Waals surface area contributed by atoms with E-state index in [1.807, 2.05) is 45.0 Å². The molecule has 0 fully saturated rings. The van der Waals surface area contributed by atoms with Crippen molar-refractivity contribution in [3.8, 4) is 11.8 Å². The molecule has 25 heavy (non-hydrogen) atoms. The van der Waals surface area contributed by atoms with E-state index in [0.29, 0.717) is 5.69 Å². The number of phenolic OH excluding ortho intramolecular Hbond substituents is 1. The number of aryl methyl sites for hydroxylation is 3. The molecule has 0 aliphatic rings. The van der Waals surface area contributed by atoms with Gasteiger partial charge in [0.1, 0.15) is 17.4 Å². The zero-order valence-corrected chi connectivity index (χ0v) is 14.6. The van der Waals surface area contributed by atoms with Gasteiger partial charge in [-0.05, 0) is 49.1 Å². The molecule has 0 aliphatic carbocycles. The number of nitrogens with zero attached hydrogens (tertiary/aromatic N) is 1. The molecule has 5 heteroatoms. The summed E-state index contributed by atoms with van der Waals surface area (Å²) in [5, 5.41) is 24.7. The number of phenols is 1. The fourth-order valence-corrected chi connectivity index (χ4v) is 2.45. The SMILES string of the molecule is CCc1cccc(C)c1NC(=O)/C(C#N)=C\Nc1cc(C)ccc1O. The molecule has 2 rings (SSSR count). The lowest BCUT2D eigenvalue weighted by Gasteiger charge is -2.12. The topological polar surface area (TPSA) is 85.2 Å². The van der Waals surface area contributed by atoms with Gasteiger partial charge in [0.05, 0.1) is 5.69 Å². The van der Waals surface area contributed by atoms with Crippen LogP contribution in [0.25, 0.3) is 0 Å². The first-order valence-corrected chi connectivity index (χ1v) is 8.02. The number of aromatic hydroxyl groups is 1. The molecule has 0 unspecified atom stereocenters. The molecule has 0 heterocycles. The van der Waals surface area contributed by atoms with E-state index < -0.39 is 5.91 Å². The average molecular weight is 335 g/mol.